The molecule has 1 rings (SSSR count). The number of hydrogen-bond donors (Lipinski definition) is 1. The van der Waals surface area contributed by atoms with Crippen molar-refractivity contribution >= 4 is 29.7 Å². The highest BCUT2D eigenvalue weighted by Crippen LogP contribution is 2.21. The molecule has 1 aromatic heterocycles. The summed E-state index contributed by atoms with van der Waals surface area (Å²) in [6, 6.07) is -0.444. The van der Waals surface area contributed by atoms with E-state index in [2.05, 4.69) is 4.98 Å². The molecule has 1 heterocycles. The lowest BCUT2D eigenvalue weighted by molar-refractivity contribution is -0.133. The molecule has 128 valence electrons. The van der Waals surface area contributed by atoms with Crippen LogP contribution in [0.15, 0.2) is 5.38 Å². The van der Waals surface area contributed by atoms with Crippen LogP contribution in [0, 0.1) is 5.92 Å². The molecule has 7 heteroatoms. The number of likely N-dealkylation sites (N-methyl/N-ethyl adjacent to an activating group) is 1. The molecule has 22 heavy (non-hydrogen) atoms. The van der Waals surface area contributed by atoms with Crippen LogP contribution in [0.1, 0.15) is 50.9 Å². The van der Waals surface area contributed by atoms with Crippen LogP contribution in [0.2, 0.25) is 0 Å². The van der Waals surface area contributed by atoms with E-state index in [1.54, 1.807) is 23.3 Å². The molecule has 0 radical (unpaired) electrons. The van der Waals surface area contributed by atoms with Crippen LogP contribution in [0.3, 0.4) is 0 Å². The zero-order valence-electron chi connectivity index (χ0n) is 14.0. The molecule has 1 aromatic rings. The van der Waals surface area contributed by atoms with E-state index in [0.717, 1.165) is 17.1 Å². The average molecular weight is 350 g/mol. The maximum Gasteiger partial charge on any atom is 0.239 e. The number of ether oxygens (including phenoxy) is 1. The van der Waals surface area contributed by atoms with Crippen LogP contribution >= 0.6 is 23.7 Å². The van der Waals surface area contributed by atoms with Crippen molar-refractivity contribution in [3.05, 3.63) is 16.1 Å². The molecule has 0 spiro atoms. The minimum Gasteiger partial charge on any atom is -0.372 e. The Balaban J connectivity index is 0.00000441. The molecule has 0 saturated heterocycles. The van der Waals surface area contributed by atoms with Gasteiger partial charge in [0.1, 0.15) is 11.1 Å². The smallest absolute Gasteiger partial charge is 0.239 e. The first-order valence-corrected chi connectivity index (χ1v) is 8.35. The third-order valence-corrected chi connectivity index (χ3v) is 4.71. The third kappa shape index (κ3) is 5.83. The van der Waals surface area contributed by atoms with Crippen molar-refractivity contribution in [2.45, 2.75) is 52.8 Å². The van der Waals surface area contributed by atoms with Gasteiger partial charge in [0.05, 0.1) is 18.3 Å². The Morgan fingerprint density at radius 3 is 2.64 bits per heavy atom. The minimum atomic E-state index is -0.444. The van der Waals surface area contributed by atoms with Crippen molar-refractivity contribution in [1.29, 1.82) is 0 Å². The molecule has 3 unspecified atom stereocenters. The summed E-state index contributed by atoms with van der Waals surface area (Å²) in [4.78, 5) is 18.4. The fourth-order valence-corrected chi connectivity index (χ4v) is 2.79. The highest BCUT2D eigenvalue weighted by atomic mass is 35.5. The molecule has 0 aliphatic heterocycles. The Morgan fingerprint density at radius 2 is 2.09 bits per heavy atom. The van der Waals surface area contributed by atoms with Crippen LogP contribution in [-0.4, -0.2) is 35.5 Å². The average Bonchev–Trinajstić information content (AvgIpc) is 2.93. The molecule has 0 bridgehead atoms. The van der Waals surface area contributed by atoms with Gasteiger partial charge < -0.3 is 15.4 Å². The molecule has 5 nitrogen and oxygen atoms in total. The van der Waals surface area contributed by atoms with Crippen molar-refractivity contribution in [2.75, 3.05) is 13.7 Å². The number of carbonyl (C=O) groups excluding carboxylic acids is 1. The van der Waals surface area contributed by atoms with E-state index < -0.39 is 6.04 Å². The molecule has 0 aliphatic rings. The SMILES string of the molecule is CCOC(C)c1nc(CN(C)C(=O)C(N)C(C)CC)cs1.Cl. The number of thiazole rings is 1. The molecule has 3 atom stereocenters. The van der Waals surface area contributed by atoms with E-state index in [4.69, 9.17) is 10.5 Å². The standard InChI is InChI=1S/C15H27N3O2S.ClH/c1-6-10(3)13(16)15(19)18(5)8-12-9-21-14(17-12)11(4)20-7-2;/h9-11,13H,6-8,16H2,1-5H3;1H. The van der Waals surface area contributed by atoms with Crippen LogP contribution < -0.4 is 5.73 Å². The summed E-state index contributed by atoms with van der Waals surface area (Å²) in [6.07, 6.45) is 0.894. The lowest BCUT2D eigenvalue weighted by Gasteiger charge is -2.24. The Hall–Kier alpha value is -0.690. The van der Waals surface area contributed by atoms with E-state index in [1.165, 1.54) is 0 Å². The normalized spacial score (nSPS) is 14.8. The summed E-state index contributed by atoms with van der Waals surface area (Å²) in [5.74, 6) is 0.153. The summed E-state index contributed by atoms with van der Waals surface area (Å²) in [5.41, 5.74) is 6.87. The fourth-order valence-electron chi connectivity index (χ4n) is 1.98. The van der Waals surface area contributed by atoms with Gasteiger partial charge in [-0.15, -0.1) is 23.7 Å². The number of halogens is 1. The molecular weight excluding hydrogens is 322 g/mol. The first-order valence-electron chi connectivity index (χ1n) is 7.47. The van der Waals surface area contributed by atoms with Gasteiger partial charge in [-0.05, 0) is 19.8 Å². The minimum absolute atomic E-state index is 0. The van der Waals surface area contributed by atoms with E-state index in [-0.39, 0.29) is 30.3 Å². The summed E-state index contributed by atoms with van der Waals surface area (Å²) < 4.78 is 5.53. The zero-order chi connectivity index (χ0) is 16.0. The second-order valence-corrected chi connectivity index (χ2v) is 6.27. The molecule has 0 aromatic carbocycles. The van der Waals surface area contributed by atoms with Gasteiger partial charge in [0.2, 0.25) is 5.91 Å². The predicted octanol–water partition coefficient (Wildman–Crippen LogP) is 2.99. The van der Waals surface area contributed by atoms with Gasteiger partial charge in [0.15, 0.2) is 0 Å². The second-order valence-electron chi connectivity index (χ2n) is 5.38. The van der Waals surface area contributed by atoms with E-state index >= 15 is 0 Å². The number of nitrogens with two attached hydrogens (primary N) is 1. The molecule has 0 fully saturated rings. The molecule has 2 N–H and O–H groups in total. The van der Waals surface area contributed by atoms with Crippen molar-refractivity contribution in [2.24, 2.45) is 11.7 Å². The van der Waals surface area contributed by atoms with Gasteiger partial charge in [-0.1, -0.05) is 20.3 Å². The number of hydrogen-bond acceptors (Lipinski definition) is 5. The van der Waals surface area contributed by atoms with Crippen molar-refractivity contribution in [1.82, 2.24) is 9.88 Å². The third-order valence-electron chi connectivity index (χ3n) is 3.65. The summed E-state index contributed by atoms with van der Waals surface area (Å²) in [7, 11) is 1.77. The van der Waals surface area contributed by atoms with E-state index in [0.29, 0.717) is 13.2 Å². The Morgan fingerprint density at radius 1 is 1.45 bits per heavy atom. The quantitative estimate of drug-likeness (QED) is 0.783. The number of amides is 1. The Labute approximate surface area is 143 Å². The molecule has 0 aliphatic carbocycles. The first kappa shape index (κ1) is 21.3. The van der Waals surface area contributed by atoms with Gasteiger partial charge in [-0.25, -0.2) is 4.98 Å². The Kier molecular flexibility index (Phi) is 9.84. The van der Waals surface area contributed by atoms with Crippen LogP contribution in [0.4, 0.5) is 0 Å². The first-order chi connectivity index (χ1) is 9.90. The highest BCUT2D eigenvalue weighted by molar-refractivity contribution is 7.09. The van der Waals surface area contributed by atoms with Crippen molar-refractivity contribution < 1.29 is 9.53 Å². The van der Waals surface area contributed by atoms with Gasteiger partial charge in [0.25, 0.3) is 0 Å². The summed E-state index contributed by atoms with van der Waals surface area (Å²) in [5, 5.41) is 2.92. The lowest BCUT2D eigenvalue weighted by Crippen LogP contribution is -2.45. The van der Waals surface area contributed by atoms with Crippen molar-refractivity contribution in [3.8, 4) is 0 Å². The van der Waals surface area contributed by atoms with Crippen LogP contribution in [-0.2, 0) is 16.1 Å². The fraction of sp³-hybridized carbons (Fsp3) is 0.733. The van der Waals surface area contributed by atoms with Gasteiger partial charge in [-0.3, -0.25) is 4.79 Å². The maximum absolute atomic E-state index is 12.2. The van der Waals surface area contributed by atoms with Gasteiger partial charge in [0, 0.05) is 19.0 Å². The molecular formula is C15H28ClN3O2S. The van der Waals surface area contributed by atoms with E-state index in [9.17, 15) is 4.79 Å². The largest absolute Gasteiger partial charge is 0.372 e. The Bertz CT molecular complexity index is 456. The van der Waals surface area contributed by atoms with Crippen molar-refractivity contribution in [3.63, 3.8) is 0 Å². The maximum atomic E-state index is 12.2. The monoisotopic (exact) mass is 349 g/mol. The number of aromatic nitrogens is 1. The lowest BCUT2D eigenvalue weighted by atomic mass is 9.99. The van der Waals surface area contributed by atoms with Crippen LogP contribution in [0.25, 0.3) is 0 Å². The second kappa shape index (κ2) is 10.2. The van der Waals surface area contributed by atoms with Crippen LogP contribution in [0.5, 0.6) is 0 Å². The molecule has 0 saturated carbocycles. The topological polar surface area (TPSA) is 68.5 Å². The van der Waals surface area contributed by atoms with Gasteiger partial charge in [-0.2, -0.15) is 0 Å². The summed E-state index contributed by atoms with van der Waals surface area (Å²) >= 11 is 1.57. The zero-order valence-corrected chi connectivity index (χ0v) is 15.7. The van der Waals surface area contributed by atoms with E-state index in [1.807, 2.05) is 33.1 Å². The predicted molar refractivity (Wildman–Crippen MR) is 93.3 cm³/mol. The number of carbonyl (C=O) groups is 1. The number of rotatable bonds is 8. The number of nitrogens with zero attached hydrogens (tertiary/aromatic N) is 2. The van der Waals surface area contributed by atoms with Gasteiger partial charge >= 0.3 is 0 Å². The summed E-state index contributed by atoms with van der Waals surface area (Å²) in [6.45, 7) is 9.14. The molecule has 1 amide bonds. The highest BCUT2D eigenvalue weighted by Gasteiger charge is 2.23.